The number of ether oxygens (including phenoxy) is 4. The van der Waals surface area contributed by atoms with Crippen LogP contribution in [0.25, 0.3) is 0 Å². The van der Waals surface area contributed by atoms with Crippen molar-refractivity contribution in [1.82, 2.24) is 5.32 Å². The van der Waals surface area contributed by atoms with Crippen molar-refractivity contribution >= 4 is 0 Å². The van der Waals surface area contributed by atoms with Crippen molar-refractivity contribution in [2.75, 3.05) is 65.9 Å². The molecule has 0 heterocycles. The lowest BCUT2D eigenvalue weighted by Gasteiger charge is -2.08. The summed E-state index contributed by atoms with van der Waals surface area (Å²) in [5.74, 6) is 0.758. The Morgan fingerprint density at radius 2 is 1.13 bits per heavy atom. The first-order chi connectivity index (χ1) is 11.3. The first-order valence-corrected chi connectivity index (χ1v) is 9.29. The average molecular weight is 336 g/mol. The van der Waals surface area contributed by atoms with Crippen LogP contribution in [-0.2, 0) is 18.9 Å². The van der Waals surface area contributed by atoms with Crippen LogP contribution in [-0.4, -0.2) is 65.9 Å². The molecule has 0 amide bonds. The summed E-state index contributed by atoms with van der Waals surface area (Å²) < 4.78 is 21.7. The highest BCUT2D eigenvalue weighted by Crippen LogP contribution is 2.02. The fourth-order valence-corrected chi connectivity index (χ4v) is 1.68. The second-order valence-electron chi connectivity index (χ2n) is 5.34. The lowest BCUT2D eigenvalue weighted by atomic mass is 10.1. The molecule has 0 spiro atoms. The summed E-state index contributed by atoms with van der Waals surface area (Å²) in [4.78, 5) is 0. The zero-order valence-electron chi connectivity index (χ0n) is 16.2. The van der Waals surface area contributed by atoms with E-state index in [0.29, 0.717) is 39.6 Å². The van der Waals surface area contributed by atoms with E-state index in [1.807, 2.05) is 13.8 Å². The van der Waals surface area contributed by atoms with Gasteiger partial charge in [0.2, 0.25) is 0 Å². The fourth-order valence-electron chi connectivity index (χ4n) is 1.68. The summed E-state index contributed by atoms with van der Waals surface area (Å²) in [5, 5.41) is 3.20. The van der Waals surface area contributed by atoms with Crippen molar-refractivity contribution in [2.45, 2.75) is 47.5 Å². The van der Waals surface area contributed by atoms with Gasteiger partial charge < -0.3 is 24.3 Å². The lowest BCUT2D eigenvalue weighted by molar-refractivity contribution is -0.00191. The topological polar surface area (TPSA) is 49.0 Å². The maximum atomic E-state index is 5.48. The quantitative estimate of drug-likeness (QED) is 0.414. The number of rotatable bonds is 17. The fraction of sp³-hybridized carbons (Fsp3) is 1.00. The summed E-state index contributed by atoms with van der Waals surface area (Å²) in [6.07, 6.45) is 2.36. The van der Waals surface area contributed by atoms with Gasteiger partial charge in [-0.2, -0.15) is 0 Å². The van der Waals surface area contributed by atoms with Gasteiger partial charge in [0.15, 0.2) is 0 Å². The summed E-state index contributed by atoms with van der Waals surface area (Å²) in [5.41, 5.74) is 0. The van der Waals surface area contributed by atoms with Crippen LogP contribution in [0.15, 0.2) is 0 Å². The third kappa shape index (κ3) is 27.0. The van der Waals surface area contributed by atoms with Gasteiger partial charge >= 0.3 is 0 Å². The molecule has 0 fully saturated rings. The lowest BCUT2D eigenvalue weighted by Crippen LogP contribution is -2.20. The predicted octanol–water partition coefficient (Wildman–Crippen LogP) is 3.12. The first-order valence-electron chi connectivity index (χ1n) is 9.29. The van der Waals surface area contributed by atoms with Gasteiger partial charge in [0, 0.05) is 13.2 Å². The highest BCUT2D eigenvalue weighted by molar-refractivity contribution is 4.44. The Bertz CT molecular complexity index is 192. The van der Waals surface area contributed by atoms with Gasteiger partial charge in [0.05, 0.1) is 46.2 Å². The van der Waals surface area contributed by atoms with E-state index >= 15 is 0 Å². The van der Waals surface area contributed by atoms with Gasteiger partial charge in [0.25, 0.3) is 0 Å². The maximum Gasteiger partial charge on any atom is 0.0701 e. The van der Waals surface area contributed by atoms with E-state index in [-0.39, 0.29) is 0 Å². The van der Waals surface area contributed by atoms with Crippen LogP contribution in [0.5, 0.6) is 0 Å². The van der Waals surface area contributed by atoms with E-state index in [2.05, 4.69) is 26.1 Å². The molecular formula is C18H41NO4. The molecule has 0 aliphatic rings. The van der Waals surface area contributed by atoms with Crippen molar-refractivity contribution in [3.8, 4) is 0 Å². The molecule has 0 saturated carbocycles. The average Bonchev–Trinajstić information content (AvgIpc) is 2.56. The van der Waals surface area contributed by atoms with Crippen LogP contribution in [0.4, 0.5) is 0 Å². The van der Waals surface area contributed by atoms with Crippen LogP contribution in [0.1, 0.15) is 47.5 Å². The van der Waals surface area contributed by atoms with Crippen LogP contribution in [0, 0.1) is 5.92 Å². The van der Waals surface area contributed by atoms with Gasteiger partial charge in [-0.05, 0) is 25.3 Å². The highest BCUT2D eigenvalue weighted by Gasteiger charge is 1.95. The van der Waals surface area contributed by atoms with Crippen molar-refractivity contribution in [2.24, 2.45) is 5.92 Å². The molecule has 0 aromatic rings. The molecule has 0 aromatic heterocycles. The van der Waals surface area contributed by atoms with Crippen LogP contribution < -0.4 is 5.32 Å². The highest BCUT2D eigenvalue weighted by atomic mass is 16.6. The van der Waals surface area contributed by atoms with E-state index in [9.17, 15) is 0 Å². The minimum atomic E-state index is 0.615. The van der Waals surface area contributed by atoms with Crippen molar-refractivity contribution in [3.63, 3.8) is 0 Å². The van der Waals surface area contributed by atoms with E-state index in [0.717, 1.165) is 38.6 Å². The molecule has 5 heteroatoms. The predicted molar refractivity (Wildman–Crippen MR) is 97.2 cm³/mol. The van der Waals surface area contributed by atoms with Crippen LogP contribution in [0.3, 0.4) is 0 Å². The Morgan fingerprint density at radius 3 is 1.57 bits per heavy atom. The van der Waals surface area contributed by atoms with E-state index in [4.69, 9.17) is 18.9 Å². The third-order valence-corrected chi connectivity index (χ3v) is 2.86. The molecule has 0 unspecified atom stereocenters. The van der Waals surface area contributed by atoms with Gasteiger partial charge in [-0.15, -0.1) is 0 Å². The van der Waals surface area contributed by atoms with Crippen molar-refractivity contribution in [3.05, 3.63) is 0 Å². The number of hydrogen-bond acceptors (Lipinski definition) is 5. The third-order valence-electron chi connectivity index (χ3n) is 2.86. The number of likely N-dealkylation sites (N-methyl/N-ethyl adjacent to an activating group) is 1. The molecule has 0 rings (SSSR count). The molecule has 0 saturated heterocycles. The molecule has 0 aliphatic heterocycles. The second kappa shape index (κ2) is 24.1. The standard InChI is InChI=1S/C16H35NO4.C2H6/c1-4-17-7-9-19-11-13-21-15-14-20-12-10-18-8-5-6-16(2)3;1-2/h16-17H,4-15H2,1-3H3;1-2H3. The summed E-state index contributed by atoms with van der Waals surface area (Å²) in [6, 6.07) is 0. The van der Waals surface area contributed by atoms with Gasteiger partial charge in [-0.25, -0.2) is 0 Å². The second-order valence-corrected chi connectivity index (χ2v) is 5.34. The molecule has 142 valence electrons. The van der Waals surface area contributed by atoms with Crippen molar-refractivity contribution in [1.29, 1.82) is 0 Å². The minimum Gasteiger partial charge on any atom is -0.379 e. The zero-order chi connectivity index (χ0) is 17.6. The Labute approximate surface area is 144 Å². The molecule has 0 radical (unpaired) electrons. The summed E-state index contributed by atoms with van der Waals surface area (Å²) >= 11 is 0. The van der Waals surface area contributed by atoms with Crippen LogP contribution >= 0.6 is 0 Å². The Hall–Kier alpha value is -0.200. The van der Waals surface area contributed by atoms with E-state index in [1.165, 1.54) is 6.42 Å². The molecular weight excluding hydrogens is 294 g/mol. The molecule has 5 nitrogen and oxygen atoms in total. The smallest absolute Gasteiger partial charge is 0.0701 e. The zero-order valence-corrected chi connectivity index (χ0v) is 16.2. The molecule has 0 bridgehead atoms. The Kier molecular flexibility index (Phi) is 26.2. The molecule has 0 atom stereocenters. The SMILES string of the molecule is CC.CCNCCOCCOCCOCCOCCCC(C)C. The number of hydrogen-bond donors (Lipinski definition) is 1. The molecule has 1 N–H and O–H groups in total. The summed E-state index contributed by atoms with van der Waals surface area (Å²) in [7, 11) is 0. The molecule has 23 heavy (non-hydrogen) atoms. The van der Waals surface area contributed by atoms with Gasteiger partial charge in [0.1, 0.15) is 0 Å². The minimum absolute atomic E-state index is 0.615. The monoisotopic (exact) mass is 335 g/mol. The Balaban J connectivity index is 0. The Morgan fingerprint density at radius 1 is 0.696 bits per heavy atom. The normalized spacial score (nSPS) is 10.7. The molecule has 0 aromatic carbocycles. The van der Waals surface area contributed by atoms with Crippen molar-refractivity contribution < 1.29 is 18.9 Å². The summed E-state index contributed by atoms with van der Waals surface area (Å²) in [6.45, 7) is 17.8. The molecule has 0 aliphatic carbocycles. The van der Waals surface area contributed by atoms with Gasteiger partial charge in [-0.3, -0.25) is 0 Å². The van der Waals surface area contributed by atoms with E-state index < -0.39 is 0 Å². The first kappa shape index (κ1) is 25.0. The van der Waals surface area contributed by atoms with E-state index in [1.54, 1.807) is 0 Å². The van der Waals surface area contributed by atoms with Gasteiger partial charge in [-0.1, -0.05) is 34.6 Å². The van der Waals surface area contributed by atoms with Crippen LogP contribution in [0.2, 0.25) is 0 Å². The maximum absolute atomic E-state index is 5.48. The largest absolute Gasteiger partial charge is 0.379 e. The number of nitrogens with one attached hydrogen (secondary N) is 1.